The fourth-order valence-electron chi connectivity index (χ4n) is 5.03. The van der Waals surface area contributed by atoms with Gasteiger partial charge in [-0.1, -0.05) is 42.5 Å². The molecule has 5 nitrogen and oxygen atoms in total. The van der Waals surface area contributed by atoms with E-state index in [0.717, 1.165) is 28.5 Å². The zero-order chi connectivity index (χ0) is 26.7. The Morgan fingerprint density at radius 1 is 1.05 bits per heavy atom. The Morgan fingerprint density at radius 3 is 2.63 bits per heavy atom. The molecule has 0 N–H and O–H groups in total. The Labute approximate surface area is 218 Å². The molecule has 2 heterocycles. The van der Waals surface area contributed by atoms with Crippen LogP contribution in [-0.4, -0.2) is 48.5 Å². The molecule has 0 bridgehead atoms. The maximum atomic E-state index is 13.7. The number of amides is 1. The van der Waals surface area contributed by atoms with Crippen molar-refractivity contribution in [2.75, 3.05) is 26.3 Å². The number of aromatic nitrogens is 1. The van der Waals surface area contributed by atoms with Gasteiger partial charge in [0.25, 0.3) is 5.91 Å². The van der Waals surface area contributed by atoms with Crippen LogP contribution in [0.3, 0.4) is 0 Å². The molecule has 1 aliphatic heterocycles. The topological polar surface area (TPSA) is 51.7 Å². The molecule has 196 valence electrons. The molecule has 1 atom stereocenters. The van der Waals surface area contributed by atoms with Gasteiger partial charge in [0.05, 0.1) is 18.7 Å². The van der Waals surface area contributed by atoms with Crippen molar-refractivity contribution in [1.82, 2.24) is 9.88 Å². The number of ether oxygens (including phenoxy) is 2. The van der Waals surface area contributed by atoms with Gasteiger partial charge in [-0.05, 0) is 65.9 Å². The lowest BCUT2D eigenvalue weighted by Gasteiger charge is -2.25. The van der Waals surface area contributed by atoms with Crippen LogP contribution in [0, 0.1) is 12.8 Å². The van der Waals surface area contributed by atoms with Crippen LogP contribution in [0.1, 0.15) is 21.5 Å². The predicted octanol–water partition coefficient (Wildman–Crippen LogP) is 6.44. The molecule has 5 rings (SSSR count). The minimum atomic E-state index is -4.75. The van der Waals surface area contributed by atoms with Crippen LogP contribution in [0.2, 0.25) is 0 Å². The molecule has 38 heavy (non-hydrogen) atoms. The maximum absolute atomic E-state index is 13.7. The maximum Gasteiger partial charge on any atom is 0.573 e. The Morgan fingerprint density at radius 2 is 1.84 bits per heavy atom. The van der Waals surface area contributed by atoms with Crippen molar-refractivity contribution in [2.24, 2.45) is 5.92 Å². The van der Waals surface area contributed by atoms with E-state index in [4.69, 9.17) is 4.74 Å². The number of hydrogen-bond acceptors (Lipinski definition) is 4. The molecule has 8 heteroatoms. The fraction of sp³-hybridized carbons (Fsp3) is 0.267. The van der Waals surface area contributed by atoms with E-state index in [2.05, 4.69) is 21.9 Å². The molecular weight excluding hydrogens is 493 g/mol. The molecule has 1 fully saturated rings. The smallest absolute Gasteiger partial charge is 0.406 e. The quantitative estimate of drug-likeness (QED) is 0.304. The number of nitrogens with zero attached hydrogens (tertiary/aromatic N) is 2. The predicted molar refractivity (Wildman–Crippen MR) is 139 cm³/mol. The molecule has 1 amide bonds. The largest absolute Gasteiger partial charge is 0.573 e. The van der Waals surface area contributed by atoms with E-state index in [-0.39, 0.29) is 17.6 Å². The summed E-state index contributed by atoms with van der Waals surface area (Å²) in [5.74, 6) is -0.253. The van der Waals surface area contributed by atoms with E-state index >= 15 is 0 Å². The van der Waals surface area contributed by atoms with Crippen molar-refractivity contribution < 1.29 is 27.4 Å². The number of carbonyl (C=O) groups is 1. The second-order valence-electron chi connectivity index (χ2n) is 9.43. The number of pyridine rings is 1. The minimum Gasteiger partial charge on any atom is -0.406 e. The van der Waals surface area contributed by atoms with E-state index in [1.54, 1.807) is 30.5 Å². The normalized spacial score (nSPS) is 16.3. The summed E-state index contributed by atoms with van der Waals surface area (Å²) in [6.07, 6.45) is -2.20. The molecule has 0 spiro atoms. The third kappa shape index (κ3) is 5.81. The van der Waals surface area contributed by atoms with Gasteiger partial charge in [0, 0.05) is 36.2 Å². The first-order chi connectivity index (χ1) is 18.3. The molecule has 1 aromatic heterocycles. The molecule has 0 saturated carbocycles. The van der Waals surface area contributed by atoms with Crippen LogP contribution >= 0.6 is 0 Å². The minimum absolute atomic E-state index is 0.0866. The summed E-state index contributed by atoms with van der Waals surface area (Å²) in [5.41, 5.74) is 4.93. The number of carbonyl (C=O) groups excluding carboxylic acids is 1. The Balaban J connectivity index is 1.35. The number of halogens is 3. The fourth-order valence-corrected chi connectivity index (χ4v) is 5.03. The first-order valence-corrected chi connectivity index (χ1v) is 12.4. The lowest BCUT2D eigenvalue weighted by atomic mass is 9.94. The highest BCUT2D eigenvalue weighted by atomic mass is 19.4. The summed E-state index contributed by atoms with van der Waals surface area (Å²) in [6.45, 7) is 3.92. The zero-order valence-corrected chi connectivity index (χ0v) is 20.9. The average molecular weight is 521 g/mol. The molecular formula is C30H27F3N2O3. The third-order valence-electron chi connectivity index (χ3n) is 6.83. The number of alkyl halides is 3. The SMILES string of the molecule is Cc1c(C(=O)N2CCOC[C@@H](Cc3cccc4ncccc34)C2)cccc1-c1ccc(OC(F)(F)F)cc1. The summed E-state index contributed by atoms with van der Waals surface area (Å²) in [4.78, 5) is 20.0. The van der Waals surface area contributed by atoms with Gasteiger partial charge in [-0.25, -0.2) is 0 Å². The van der Waals surface area contributed by atoms with Gasteiger partial charge >= 0.3 is 6.36 Å². The lowest BCUT2D eigenvalue weighted by molar-refractivity contribution is -0.274. The first kappa shape index (κ1) is 25.7. The van der Waals surface area contributed by atoms with Gasteiger partial charge in [-0.3, -0.25) is 9.78 Å². The lowest BCUT2D eigenvalue weighted by Crippen LogP contribution is -2.36. The average Bonchev–Trinajstić information content (AvgIpc) is 3.14. The molecule has 3 aromatic carbocycles. The number of rotatable bonds is 5. The van der Waals surface area contributed by atoms with E-state index in [9.17, 15) is 18.0 Å². The Hall–Kier alpha value is -3.91. The van der Waals surface area contributed by atoms with Gasteiger partial charge in [0.2, 0.25) is 0 Å². The van der Waals surface area contributed by atoms with Crippen LogP contribution in [0.4, 0.5) is 13.2 Å². The summed E-state index contributed by atoms with van der Waals surface area (Å²) in [7, 11) is 0. The summed E-state index contributed by atoms with van der Waals surface area (Å²) in [6, 6.07) is 21.2. The van der Waals surface area contributed by atoms with E-state index in [1.165, 1.54) is 17.7 Å². The van der Waals surface area contributed by atoms with E-state index in [1.807, 2.05) is 36.1 Å². The number of fused-ring (bicyclic) bond motifs is 1. The second kappa shape index (κ2) is 10.8. The molecule has 1 saturated heterocycles. The van der Waals surface area contributed by atoms with Crippen LogP contribution < -0.4 is 4.74 Å². The van der Waals surface area contributed by atoms with Crippen LogP contribution in [0.5, 0.6) is 5.75 Å². The van der Waals surface area contributed by atoms with Gasteiger partial charge < -0.3 is 14.4 Å². The third-order valence-corrected chi connectivity index (χ3v) is 6.83. The second-order valence-corrected chi connectivity index (χ2v) is 9.43. The van der Waals surface area contributed by atoms with Gasteiger partial charge in [-0.15, -0.1) is 13.2 Å². The monoisotopic (exact) mass is 520 g/mol. The van der Waals surface area contributed by atoms with E-state index < -0.39 is 6.36 Å². The van der Waals surface area contributed by atoms with Crippen LogP contribution in [0.25, 0.3) is 22.0 Å². The molecule has 1 aliphatic rings. The van der Waals surface area contributed by atoms with Crippen molar-refractivity contribution in [3.8, 4) is 16.9 Å². The highest BCUT2D eigenvalue weighted by Crippen LogP contribution is 2.30. The van der Waals surface area contributed by atoms with Crippen LogP contribution in [-0.2, 0) is 11.2 Å². The van der Waals surface area contributed by atoms with Crippen molar-refractivity contribution in [2.45, 2.75) is 19.7 Å². The van der Waals surface area contributed by atoms with Gasteiger partial charge in [0.15, 0.2) is 0 Å². The van der Waals surface area contributed by atoms with Crippen molar-refractivity contribution in [3.05, 3.63) is 95.7 Å². The van der Waals surface area contributed by atoms with E-state index in [0.29, 0.717) is 37.4 Å². The van der Waals surface area contributed by atoms with Crippen molar-refractivity contribution in [1.29, 1.82) is 0 Å². The summed E-state index contributed by atoms with van der Waals surface area (Å²) < 4.78 is 47.4. The first-order valence-electron chi connectivity index (χ1n) is 12.4. The summed E-state index contributed by atoms with van der Waals surface area (Å²) >= 11 is 0. The summed E-state index contributed by atoms with van der Waals surface area (Å²) in [5, 5.41) is 1.10. The Kier molecular flexibility index (Phi) is 7.33. The van der Waals surface area contributed by atoms with Crippen molar-refractivity contribution >= 4 is 16.8 Å². The molecule has 0 radical (unpaired) electrons. The number of benzene rings is 3. The highest BCUT2D eigenvalue weighted by Gasteiger charge is 2.31. The molecule has 0 aliphatic carbocycles. The highest BCUT2D eigenvalue weighted by molar-refractivity contribution is 5.97. The molecule has 4 aromatic rings. The standard InChI is InChI=1S/C30H27F3N2O3/c1-20-25(22-10-12-24(13-11-22)38-30(31,32)33)6-3-7-26(20)29(36)35-15-16-37-19-21(18-35)17-23-5-2-9-28-27(23)8-4-14-34-28/h2-14,21H,15-19H2,1H3/t21-/m0/s1. The zero-order valence-electron chi connectivity index (χ0n) is 20.9. The Bertz CT molecular complexity index is 1430. The van der Waals surface area contributed by atoms with Crippen LogP contribution in [0.15, 0.2) is 79.0 Å². The number of hydrogen-bond donors (Lipinski definition) is 0. The van der Waals surface area contributed by atoms with Gasteiger partial charge in [-0.2, -0.15) is 0 Å². The van der Waals surface area contributed by atoms with Gasteiger partial charge in [0.1, 0.15) is 5.75 Å². The molecule has 0 unspecified atom stereocenters. The van der Waals surface area contributed by atoms with Crippen molar-refractivity contribution in [3.63, 3.8) is 0 Å².